The molecule has 0 fully saturated rings. The molecule has 0 saturated carbocycles. The van der Waals surface area contributed by atoms with Crippen molar-refractivity contribution in [3.8, 4) is 0 Å². The van der Waals surface area contributed by atoms with E-state index >= 15 is 0 Å². The Morgan fingerprint density at radius 1 is 1.43 bits per heavy atom. The van der Waals surface area contributed by atoms with E-state index in [1.54, 1.807) is 25.2 Å². The molecular formula is C11H16O3. The topological polar surface area (TPSA) is 46.5 Å². The van der Waals surface area contributed by atoms with Crippen molar-refractivity contribution < 1.29 is 14.6 Å². The van der Waals surface area contributed by atoms with Crippen LogP contribution in [0.15, 0.2) is 35.5 Å². The van der Waals surface area contributed by atoms with Crippen molar-refractivity contribution in [3.63, 3.8) is 0 Å². The Balaban J connectivity index is 4.28. The predicted molar refractivity (Wildman–Crippen MR) is 55.8 cm³/mol. The van der Waals surface area contributed by atoms with Crippen LogP contribution in [0.3, 0.4) is 0 Å². The average Bonchev–Trinajstić information content (AvgIpc) is 2.16. The number of esters is 1. The number of hydrogen-bond acceptors (Lipinski definition) is 3. The van der Waals surface area contributed by atoms with Gasteiger partial charge in [-0.05, 0) is 13.8 Å². The highest BCUT2D eigenvalue weighted by molar-refractivity contribution is 5.87. The van der Waals surface area contributed by atoms with Crippen molar-refractivity contribution in [1.29, 1.82) is 0 Å². The van der Waals surface area contributed by atoms with Crippen LogP contribution in [-0.4, -0.2) is 24.8 Å². The molecule has 0 amide bonds. The fourth-order valence-electron chi connectivity index (χ4n) is 0.785. The minimum Gasteiger partial charge on any atom is -0.466 e. The first-order chi connectivity index (χ1) is 6.61. The highest BCUT2D eigenvalue weighted by Gasteiger charge is 1.99. The molecule has 0 aromatic carbocycles. The smallest absolute Gasteiger partial charge is 0.333 e. The van der Waals surface area contributed by atoms with Crippen molar-refractivity contribution in [1.82, 2.24) is 0 Å². The van der Waals surface area contributed by atoms with Crippen molar-refractivity contribution >= 4 is 5.97 Å². The number of aliphatic hydroxyl groups is 1. The molecule has 0 unspecified atom stereocenters. The van der Waals surface area contributed by atoms with Gasteiger partial charge in [-0.25, -0.2) is 4.79 Å². The third-order valence-corrected chi connectivity index (χ3v) is 1.63. The normalized spacial score (nSPS) is 13.4. The maximum Gasteiger partial charge on any atom is 0.333 e. The molecular weight excluding hydrogens is 180 g/mol. The second-order valence-corrected chi connectivity index (χ2v) is 2.83. The van der Waals surface area contributed by atoms with Gasteiger partial charge in [0.1, 0.15) is 0 Å². The SMILES string of the molecule is COC(=O)/C(C)=C/C=C/C(C)=C/CO. The van der Waals surface area contributed by atoms with Gasteiger partial charge in [0.05, 0.1) is 13.7 Å². The van der Waals surface area contributed by atoms with Crippen LogP contribution in [0.5, 0.6) is 0 Å². The molecule has 14 heavy (non-hydrogen) atoms. The number of methoxy groups -OCH3 is 1. The zero-order valence-electron chi connectivity index (χ0n) is 8.78. The van der Waals surface area contributed by atoms with Crippen molar-refractivity contribution in [2.45, 2.75) is 13.8 Å². The summed E-state index contributed by atoms with van der Waals surface area (Å²) in [5.74, 6) is -0.335. The summed E-state index contributed by atoms with van der Waals surface area (Å²) in [5, 5.41) is 8.57. The van der Waals surface area contributed by atoms with E-state index in [4.69, 9.17) is 5.11 Å². The van der Waals surface area contributed by atoms with Gasteiger partial charge >= 0.3 is 5.97 Å². The number of carbonyl (C=O) groups excluding carboxylic acids is 1. The number of allylic oxidation sites excluding steroid dienone is 4. The molecule has 0 aliphatic heterocycles. The minimum absolute atomic E-state index is 0.0237. The molecule has 0 radical (unpaired) electrons. The summed E-state index contributed by atoms with van der Waals surface area (Å²) in [5.41, 5.74) is 1.49. The molecule has 0 bridgehead atoms. The Hall–Kier alpha value is -1.35. The summed E-state index contributed by atoms with van der Waals surface area (Å²) in [6.45, 7) is 3.57. The van der Waals surface area contributed by atoms with E-state index < -0.39 is 0 Å². The van der Waals surface area contributed by atoms with Gasteiger partial charge < -0.3 is 9.84 Å². The molecule has 0 spiro atoms. The largest absolute Gasteiger partial charge is 0.466 e. The fraction of sp³-hybridized carbons (Fsp3) is 0.364. The van der Waals surface area contributed by atoms with Crippen molar-refractivity contribution in [2.75, 3.05) is 13.7 Å². The van der Waals surface area contributed by atoms with Gasteiger partial charge in [0.25, 0.3) is 0 Å². The molecule has 0 heterocycles. The number of hydrogen-bond donors (Lipinski definition) is 1. The number of rotatable bonds is 4. The molecule has 0 aromatic rings. The lowest BCUT2D eigenvalue weighted by Crippen LogP contribution is -2.00. The molecule has 0 saturated heterocycles. The van der Waals surface area contributed by atoms with E-state index in [1.165, 1.54) is 7.11 Å². The third-order valence-electron chi connectivity index (χ3n) is 1.63. The van der Waals surface area contributed by atoms with Crippen LogP contribution >= 0.6 is 0 Å². The second-order valence-electron chi connectivity index (χ2n) is 2.83. The zero-order chi connectivity index (χ0) is 11.0. The van der Waals surface area contributed by atoms with Crippen LogP contribution in [0.2, 0.25) is 0 Å². The molecule has 0 rings (SSSR count). The first kappa shape index (κ1) is 12.7. The van der Waals surface area contributed by atoms with E-state index in [-0.39, 0.29) is 12.6 Å². The van der Waals surface area contributed by atoms with E-state index in [2.05, 4.69) is 4.74 Å². The van der Waals surface area contributed by atoms with E-state index in [0.29, 0.717) is 5.57 Å². The average molecular weight is 196 g/mol. The van der Waals surface area contributed by atoms with Gasteiger partial charge in [-0.2, -0.15) is 0 Å². The molecule has 0 aliphatic carbocycles. The number of carbonyl (C=O) groups is 1. The lowest BCUT2D eigenvalue weighted by molar-refractivity contribution is -0.136. The monoisotopic (exact) mass is 196 g/mol. The van der Waals surface area contributed by atoms with Crippen molar-refractivity contribution in [3.05, 3.63) is 35.5 Å². The van der Waals surface area contributed by atoms with E-state index in [1.807, 2.05) is 13.0 Å². The summed E-state index contributed by atoms with van der Waals surface area (Å²) in [6, 6.07) is 0. The Labute approximate surface area is 84.4 Å². The highest BCUT2D eigenvalue weighted by atomic mass is 16.5. The van der Waals surface area contributed by atoms with Gasteiger partial charge in [-0.15, -0.1) is 0 Å². The standard InChI is InChI=1S/C11H16O3/c1-9(7-8-12)5-4-6-10(2)11(13)14-3/h4-7,12H,8H2,1-3H3/b5-4+,9-7+,10-6+. The first-order valence-electron chi connectivity index (χ1n) is 4.32. The summed E-state index contributed by atoms with van der Waals surface area (Å²) in [6.07, 6.45) is 6.90. The van der Waals surface area contributed by atoms with Gasteiger partial charge in [0.2, 0.25) is 0 Å². The van der Waals surface area contributed by atoms with Crippen LogP contribution in [-0.2, 0) is 9.53 Å². The summed E-state index contributed by atoms with van der Waals surface area (Å²) in [4.78, 5) is 10.9. The Morgan fingerprint density at radius 2 is 2.07 bits per heavy atom. The number of ether oxygens (including phenoxy) is 1. The molecule has 1 N–H and O–H groups in total. The van der Waals surface area contributed by atoms with Crippen LogP contribution in [0, 0.1) is 0 Å². The van der Waals surface area contributed by atoms with E-state index in [0.717, 1.165) is 5.57 Å². The first-order valence-corrected chi connectivity index (χ1v) is 4.32. The van der Waals surface area contributed by atoms with Crippen LogP contribution in [0.4, 0.5) is 0 Å². The van der Waals surface area contributed by atoms with Crippen LogP contribution < -0.4 is 0 Å². The summed E-state index contributed by atoms with van der Waals surface area (Å²) < 4.78 is 4.52. The van der Waals surface area contributed by atoms with Crippen molar-refractivity contribution in [2.24, 2.45) is 0 Å². The summed E-state index contributed by atoms with van der Waals surface area (Å²) in [7, 11) is 1.35. The Kier molecular flexibility index (Phi) is 6.41. The highest BCUT2D eigenvalue weighted by Crippen LogP contribution is 1.98. The number of aliphatic hydroxyl groups excluding tert-OH is 1. The molecule has 0 aliphatic rings. The maximum atomic E-state index is 10.9. The quantitative estimate of drug-likeness (QED) is 0.422. The maximum absolute atomic E-state index is 10.9. The fourth-order valence-corrected chi connectivity index (χ4v) is 0.785. The van der Waals surface area contributed by atoms with Gasteiger partial charge in [0, 0.05) is 5.57 Å². The second kappa shape index (κ2) is 7.09. The molecule has 78 valence electrons. The molecule has 3 nitrogen and oxygen atoms in total. The van der Waals surface area contributed by atoms with Crippen LogP contribution in [0.25, 0.3) is 0 Å². The van der Waals surface area contributed by atoms with Crippen LogP contribution in [0.1, 0.15) is 13.8 Å². The Morgan fingerprint density at radius 3 is 2.57 bits per heavy atom. The van der Waals surface area contributed by atoms with E-state index in [9.17, 15) is 4.79 Å². The van der Waals surface area contributed by atoms with Gasteiger partial charge in [-0.3, -0.25) is 0 Å². The summed E-state index contributed by atoms with van der Waals surface area (Å²) >= 11 is 0. The van der Waals surface area contributed by atoms with Gasteiger partial charge in [-0.1, -0.05) is 29.9 Å². The molecule has 3 heteroatoms. The predicted octanol–water partition coefficient (Wildman–Crippen LogP) is 1.60. The zero-order valence-corrected chi connectivity index (χ0v) is 8.78. The third kappa shape index (κ3) is 5.32. The minimum atomic E-state index is -0.335. The Bertz CT molecular complexity index is 272. The molecule has 0 aromatic heterocycles. The lowest BCUT2D eigenvalue weighted by atomic mass is 10.2. The van der Waals surface area contributed by atoms with Gasteiger partial charge in [0.15, 0.2) is 0 Å². The molecule has 0 atom stereocenters. The lowest BCUT2D eigenvalue weighted by Gasteiger charge is -1.95.